The van der Waals surface area contributed by atoms with Gasteiger partial charge in [-0.3, -0.25) is 4.79 Å². The van der Waals surface area contributed by atoms with E-state index in [-0.39, 0.29) is 11.7 Å². The van der Waals surface area contributed by atoms with E-state index in [1.807, 2.05) is 6.92 Å². The number of hydrogen-bond donors (Lipinski definition) is 0. The van der Waals surface area contributed by atoms with E-state index in [2.05, 4.69) is 15.9 Å². The Labute approximate surface area is 138 Å². The molecule has 2 atom stereocenters. The van der Waals surface area contributed by atoms with Gasteiger partial charge in [-0.05, 0) is 54.4 Å². The highest BCUT2D eigenvalue weighted by Crippen LogP contribution is 2.26. The zero-order chi connectivity index (χ0) is 16.1. The molecule has 0 radical (unpaired) electrons. The van der Waals surface area contributed by atoms with E-state index in [1.54, 1.807) is 11.8 Å². The van der Waals surface area contributed by atoms with E-state index in [1.165, 1.54) is 18.2 Å². The van der Waals surface area contributed by atoms with Gasteiger partial charge < -0.3 is 14.4 Å². The highest BCUT2D eigenvalue weighted by atomic mass is 79.9. The zero-order valence-electron chi connectivity index (χ0n) is 12.9. The van der Waals surface area contributed by atoms with Crippen molar-refractivity contribution in [2.24, 2.45) is 5.92 Å². The Bertz CT molecular complexity index is 520. The third-order valence-corrected chi connectivity index (χ3v) is 4.36. The quantitative estimate of drug-likeness (QED) is 0.768. The van der Waals surface area contributed by atoms with Gasteiger partial charge in [0.25, 0.3) is 5.91 Å². The minimum absolute atomic E-state index is 0.0642. The molecule has 1 aromatic rings. The lowest BCUT2D eigenvalue weighted by atomic mass is 10.1. The second kappa shape index (κ2) is 7.92. The summed E-state index contributed by atoms with van der Waals surface area (Å²) in [5, 5.41) is 0. The van der Waals surface area contributed by atoms with Gasteiger partial charge in [0.15, 0.2) is 6.10 Å². The van der Waals surface area contributed by atoms with Crippen molar-refractivity contribution >= 4 is 21.8 Å². The third-order valence-electron chi connectivity index (χ3n) is 3.74. The molecule has 0 aliphatic carbocycles. The van der Waals surface area contributed by atoms with Crippen LogP contribution in [0.4, 0.5) is 4.39 Å². The van der Waals surface area contributed by atoms with Gasteiger partial charge in [0, 0.05) is 25.6 Å². The molecule has 0 bridgehead atoms. The van der Waals surface area contributed by atoms with E-state index in [0.717, 1.165) is 13.0 Å². The number of halogens is 2. The summed E-state index contributed by atoms with van der Waals surface area (Å²) >= 11 is 3.24. The molecule has 4 nitrogen and oxygen atoms in total. The Morgan fingerprint density at radius 1 is 1.59 bits per heavy atom. The first kappa shape index (κ1) is 17.2. The maximum Gasteiger partial charge on any atom is 0.263 e. The van der Waals surface area contributed by atoms with E-state index in [4.69, 9.17) is 9.47 Å². The topological polar surface area (TPSA) is 38.8 Å². The van der Waals surface area contributed by atoms with Crippen LogP contribution in [0.25, 0.3) is 0 Å². The van der Waals surface area contributed by atoms with E-state index >= 15 is 0 Å². The summed E-state index contributed by atoms with van der Waals surface area (Å²) in [6, 6.07) is 4.15. The lowest BCUT2D eigenvalue weighted by molar-refractivity contribution is -0.138. The van der Waals surface area contributed by atoms with Crippen LogP contribution in [-0.2, 0) is 9.53 Å². The predicted octanol–water partition coefficient (Wildman–Crippen LogP) is 3.24. The fourth-order valence-corrected chi connectivity index (χ4v) is 2.93. The zero-order valence-corrected chi connectivity index (χ0v) is 14.4. The van der Waals surface area contributed by atoms with Gasteiger partial charge in [-0.25, -0.2) is 4.39 Å². The van der Waals surface area contributed by atoms with Crippen LogP contribution in [0.3, 0.4) is 0 Å². The first-order chi connectivity index (χ1) is 10.5. The number of carbonyl (C=O) groups excluding carboxylic acids is 1. The number of nitrogens with zero attached hydrogens (tertiary/aromatic N) is 1. The molecule has 1 amide bonds. The fraction of sp³-hybridized carbons (Fsp3) is 0.562. The Kier molecular flexibility index (Phi) is 6.20. The average molecular weight is 374 g/mol. The number of benzene rings is 1. The number of amides is 1. The number of ether oxygens (including phenoxy) is 2. The molecule has 1 aliphatic heterocycles. The molecule has 1 fully saturated rings. The first-order valence-corrected chi connectivity index (χ1v) is 8.28. The number of rotatable bonds is 6. The molecule has 0 aromatic heterocycles. The normalized spacial score (nSPS) is 19.0. The summed E-state index contributed by atoms with van der Waals surface area (Å²) in [5.74, 6) is 0.441. The van der Waals surface area contributed by atoms with Gasteiger partial charge in [0.2, 0.25) is 0 Å². The van der Waals surface area contributed by atoms with Crippen molar-refractivity contribution in [1.82, 2.24) is 4.90 Å². The lowest BCUT2D eigenvalue weighted by Crippen LogP contribution is -2.43. The van der Waals surface area contributed by atoms with Gasteiger partial charge in [0.05, 0.1) is 11.1 Å². The van der Waals surface area contributed by atoms with Gasteiger partial charge in [-0.15, -0.1) is 0 Å². The second-order valence-electron chi connectivity index (χ2n) is 5.44. The van der Waals surface area contributed by atoms with Crippen molar-refractivity contribution in [3.05, 3.63) is 28.5 Å². The van der Waals surface area contributed by atoms with Gasteiger partial charge >= 0.3 is 0 Å². The van der Waals surface area contributed by atoms with Crippen molar-refractivity contribution < 1.29 is 18.7 Å². The monoisotopic (exact) mass is 373 g/mol. The molecule has 122 valence electrons. The van der Waals surface area contributed by atoms with Crippen LogP contribution in [0.1, 0.15) is 20.3 Å². The van der Waals surface area contributed by atoms with E-state index < -0.39 is 6.10 Å². The summed E-state index contributed by atoms with van der Waals surface area (Å²) in [5.41, 5.74) is 0. The van der Waals surface area contributed by atoms with Crippen molar-refractivity contribution in [1.29, 1.82) is 0 Å². The molecular weight excluding hydrogens is 353 g/mol. The number of hydrogen-bond acceptors (Lipinski definition) is 3. The largest absolute Gasteiger partial charge is 0.480 e. The Morgan fingerprint density at radius 3 is 2.95 bits per heavy atom. The summed E-state index contributed by atoms with van der Waals surface area (Å²) in [6.45, 7) is 6.47. The highest BCUT2D eigenvalue weighted by Gasteiger charge is 2.26. The minimum Gasteiger partial charge on any atom is -0.480 e. The first-order valence-electron chi connectivity index (χ1n) is 7.49. The van der Waals surface area contributed by atoms with Crippen LogP contribution < -0.4 is 4.74 Å². The van der Waals surface area contributed by atoms with E-state index in [9.17, 15) is 9.18 Å². The van der Waals surface area contributed by atoms with Crippen LogP contribution in [0.2, 0.25) is 0 Å². The maximum atomic E-state index is 13.1. The standard InChI is InChI=1S/C16H21BrFNO3/c1-3-19(9-12-6-7-21-10-12)16(20)11(2)22-15-5-4-13(18)8-14(15)17/h4-5,8,11-12H,3,6-7,9-10H2,1-2H3. The molecule has 1 aromatic carbocycles. The Balaban J connectivity index is 1.96. The molecule has 2 unspecified atom stereocenters. The van der Waals surface area contributed by atoms with Crippen LogP contribution in [0, 0.1) is 11.7 Å². The van der Waals surface area contributed by atoms with Crippen LogP contribution in [-0.4, -0.2) is 43.2 Å². The fourth-order valence-electron chi connectivity index (χ4n) is 2.48. The van der Waals surface area contributed by atoms with Gasteiger partial charge in [-0.2, -0.15) is 0 Å². The van der Waals surface area contributed by atoms with Crippen molar-refractivity contribution in [3.8, 4) is 5.75 Å². The van der Waals surface area contributed by atoms with Crippen LogP contribution in [0.5, 0.6) is 5.75 Å². The summed E-state index contributed by atoms with van der Waals surface area (Å²) in [7, 11) is 0. The average Bonchev–Trinajstić information content (AvgIpc) is 3.00. The molecule has 1 aliphatic rings. The highest BCUT2D eigenvalue weighted by molar-refractivity contribution is 9.10. The molecule has 1 heterocycles. The van der Waals surface area contributed by atoms with E-state index in [0.29, 0.717) is 35.8 Å². The molecule has 2 rings (SSSR count). The molecule has 22 heavy (non-hydrogen) atoms. The smallest absolute Gasteiger partial charge is 0.263 e. The summed E-state index contributed by atoms with van der Waals surface area (Å²) in [4.78, 5) is 14.3. The molecule has 0 N–H and O–H groups in total. The minimum atomic E-state index is -0.621. The van der Waals surface area contributed by atoms with Crippen LogP contribution in [0.15, 0.2) is 22.7 Å². The molecule has 6 heteroatoms. The maximum absolute atomic E-state index is 13.1. The third kappa shape index (κ3) is 4.43. The van der Waals surface area contributed by atoms with Crippen LogP contribution >= 0.6 is 15.9 Å². The predicted molar refractivity (Wildman–Crippen MR) is 85.4 cm³/mol. The number of likely N-dealkylation sites (N-methyl/N-ethyl adjacent to an activating group) is 1. The van der Waals surface area contributed by atoms with Gasteiger partial charge in [-0.1, -0.05) is 0 Å². The second-order valence-corrected chi connectivity index (χ2v) is 6.30. The van der Waals surface area contributed by atoms with Crippen molar-refractivity contribution in [3.63, 3.8) is 0 Å². The van der Waals surface area contributed by atoms with Crippen molar-refractivity contribution in [2.75, 3.05) is 26.3 Å². The molecule has 0 spiro atoms. The Morgan fingerprint density at radius 2 is 2.36 bits per heavy atom. The summed E-state index contributed by atoms with van der Waals surface area (Å²) < 4.78 is 24.6. The summed E-state index contributed by atoms with van der Waals surface area (Å²) in [6.07, 6.45) is 0.367. The number of carbonyl (C=O) groups is 1. The van der Waals surface area contributed by atoms with Gasteiger partial charge in [0.1, 0.15) is 11.6 Å². The lowest BCUT2D eigenvalue weighted by Gasteiger charge is -2.27. The molecule has 1 saturated heterocycles. The van der Waals surface area contributed by atoms with Crippen molar-refractivity contribution in [2.45, 2.75) is 26.4 Å². The Hall–Kier alpha value is -1.14. The molecule has 0 saturated carbocycles. The molecular formula is C16H21BrFNO3. The SMILES string of the molecule is CCN(CC1CCOC1)C(=O)C(C)Oc1ccc(F)cc1Br.